The lowest BCUT2D eigenvalue weighted by molar-refractivity contribution is 0.595. The van der Waals surface area contributed by atoms with Gasteiger partial charge in [0, 0.05) is 6.20 Å². The van der Waals surface area contributed by atoms with Gasteiger partial charge in [0.2, 0.25) is 0 Å². The first-order valence-electron chi connectivity index (χ1n) is 5.16. The molecule has 0 amide bonds. The number of nitrogen functional groups attached to an aromatic ring is 1. The molecule has 2 rings (SSSR count). The van der Waals surface area contributed by atoms with Crippen molar-refractivity contribution in [1.82, 2.24) is 4.98 Å². The lowest BCUT2D eigenvalue weighted by Gasteiger charge is -2.06. The maximum Gasteiger partial charge on any atom is 0.184 e. The van der Waals surface area contributed by atoms with Crippen molar-refractivity contribution in [1.29, 1.82) is 0 Å². The summed E-state index contributed by atoms with van der Waals surface area (Å²) in [5.41, 5.74) is 6.05. The van der Waals surface area contributed by atoms with Gasteiger partial charge in [-0.1, -0.05) is 12.1 Å². The van der Waals surface area contributed by atoms with Gasteiger partial charge in [-0.15, -0.1) is 0 Å². The van der Waals surface area contributed by atoms with E-state index in [1.54, 1.807) is 6.07 Å². The molecule has 1 aromatic carbocycles. The molecule has 18 heavy (non-hydrogen) atoms. The van der Waals surface area contributed by atoms with Crippen molar-refractivity contribution >= 4 is 15.5 Å². The molecule has 0 saturated carbocycles. The molecule has 0 bridgehead atoms. The van der Waals surface area contributed by atoms with Gasteiger partial charge in [-0.3, -0.25) is 4.98 Å². The van der Waals surface area contributed by atoms with Crippen molar-refractivity contribution in [2.24, 2.45) is 0 Å². The molecule has 0 saturated heterocycles. The fourth-order valence-corrected chi connectivity index (χ4v) is 3.05. The Kier molecular flexibility index (Phi) is 3.29. The van der Waals surface area contributed by atoms with Gasteiger partial charge in [-0.2, -0.15) is 0 Å². The van der Waals surface area contributed by atoms with Crippen LogP contribution in [-0.4, -0.2) is 13.4 Å². The normalized spacial score (nSPS) is 11.4. The molecule has 0 spiro atoms. The summed E-state index contributed by atoms with van der Waals surface area (Å²) in [5, 5.41) is 0. The largest absolute Gasteiger partial charge is 0.396 e. The van der Waals surface area contributed by atoms with E-state index in [1.165, 1.54) is 36.7 Å². The Labute approximate surface area is 104 Å². The maximum atomic E-state index is 13.0. The van der Waals surface area contributed by atoms with Crippen molar-refractivity contribution in [2.75, 3.05) is 5.73 Å². The van der Waals surface area contributed by atoms with E-state index in [4.69, 9.17) is 5.73 Å². The van der Waals surface area contributed by atoms with E-state index in [-0.39, 0.29) is 16.3 Å². The van der Waals surface area contributed by atoms with E-state index in [2.05, 4.69) is 4.98 Å². The summed E-state index contributed by atoms with van der Waals surface area (Å²) in [6, 6.07) is 6.81. The van der Waals surface area contributed by atoms with Gasteiger partial charge in [0.1, 0.15) is 5.82 Å². The van der Waals surface area contributed by atoms with E-state index in [0.717, 1.165) is 0 Å². The number of benzene rings is 1. The Morgan fingerprint density at radius 3 is 2.72 bits per heavy atom. The third kappa shape index (κ3) is 2.65. The van der Waals surface area contributed by atoms with Crippen LogP contribution in [-0.2, 0) is 15.6 Å². The van der Waals surface area contributed by atoms with Crippen LogP contribution in [0.4, 0.5) is 10.1 Å². The number of rotatable bonds is 3. The molecular weight excluding hydrogens is 255 g/mol. The van der Waals surface area contributed by atoms with Crippen LogP contribution in [0.1, 0.15) is 5.56 Å². The Balaban J connectivity index is 2.37. The number of aromatic nitrogens is 1. The first-order chi connectivity index (χ1) is 8.49. The van der Waals surface area contributed by atoms with Gasteiger partial charge in [-0.05, 0) is 23.8 Å². The lowest BCUT2D eigenvalue weighted by Crippen LogP contribution is -2.08. The average Bonchev–Trinajstić information content (AvgIpc) is 2.28. The molecule has 94 valence electrons. The molecule has 4 nitrogen and oxygen atoms in total. The smallest absolute Gasteiger partial charge is 0.184 e. The molecule has 2 aromatic rings. The number of hydrogen-bond acceptors (Lipinski definition) is 4. The van der Waals surface area contributed by atoms with Crippen LogP contribution in [0, 0.1) is 5.82 Å². The van der Waals surface area contributed by atoms with E-state index < -0.39 is 15.7 Å². The SMILES string of the molecule is Nc1cnccc1S(=O)(=O)Cc1cccc(F)c1. The van der Waals surface area contributed by atoms with Crippen LogP contribution in [0.2, 0.25) is 0 Å². The van der Waals surface area contributed by atoms with Crippen LogP contribution in [0.15, 0.2) is 47.6 Å². The quantitative estimate of drug-likeness (QED) is 0.919. The second-order valence-corrected chi connectivity index (χ2v) is 5.76. The molecule has 0 aliphatic heterocycles. The fourth-order valence-electron chi connectivity index (χ4n) is 1.60. The van der Waals surface area contributed by atoms with E-state index in [1.807, 2.05) is 0 Å². The standard InChI is InChI=1S/C12H11FN2O2S/c13-10-3-1-2-9(6-10)8-18(16,17)12-4-5-15-7-11(12)14/h1-7H,8,14H2. The summed E-state index contributed by atoms with van der Waals surface area (Å²) < 4.78 is 37.2. The van der Waals surface area contributed by atoms with Crippen molar-refractivity contribution in [3.8, 4) is 0 Å². The number of sulfone groups is 1. The number of pyridine rings is 1. The van der Waals surface area contributed by atoms with E-state index >= 15 is 0 Å². The fraction of sp³-hybridized carbons (Fsp3) is 0.0833. The highest BCUT2D eigenvalue weighted by Gasteiger charge is 2.18. The Hall–Kier alpha value is -1.95. The molecule has 0 aliphatic rings. The molecule has 0 fully saturated rings. The summed E-state index contributed by atoms with van der Waals surface area (Å²) in [6.07, 6.45) is 2.63. The molecule has 0 aliphatic carbocycles. The minimum atomic E-state index is -3.59. The molecule has 0 atom stereocenters. The second kappa shape index (κ2) is 4.73. The van der Waals surface area contributed by atoms with Gasteiger partial charge >= 0.3 is 0 Å². The molecule has 2 N–H and O–H groups in total. The first-order valence-corrected chi connectivity index (χ1v) is 6.81. The van der Waals surface area contributed by atoms with Crippen molar-refractivity contribution in [2.45, 2.75) is 10.6 Å². The van der Waals surface area contributed by atoms with Gasteiger partial charge in [0.15, 0.2) is 9.84 Å². The van der Waals surface area contributed by atoms with Crippen LogP contribution in [0.5, 0.6) is 0 Å². The van der Waals surface area contributed by atoms with Crippen LogP contribution < -0.4 is 5.73 Å². The molecule has 0 radical (unpaired) electrons. The number of nitrogens with two attached hydrogens (primary N) is 1. The monoisotopic (exact) mass is 266 g/mol. The Morgan fingerprint density at radius 2 is 2.06 bits per heavy atom. The molecule has 0 unspecified atom stereocenters. The van der Waals surface area contributed by atoms with Gasteiger partial charge < -0.3 is 5.73 Å². The van der Waals surface area contributed by atoms with Crippen molar-refractivity contribution in [3.63, 3.8) is 0 Å². The topological polar surface area (TPSA) is 73.0 Å². The highest BCUT2D eigenvalue weighted by atomic mass is 32.2. The predicted molar refractivity (Wildman–Crippen MR) is 65.9 cm³/mol. The summed E-state index contributed by atoms with van der Waals surface area (Å²) >= 11 is 0. The maximum absolute atomic E-state index is 13.0. The zero-order valence-corrected chi connectivity index (χ0v) is 10.2. The number of hydrogen-bond donors (Lipinski definition) is 1. The van der Waals surface area contributed by atoms with Gasteiger partial charge in [0.05, 0.1) is 22.5 Å². The van der Waals surface area contributed by atoms with E-state index in [9.17, 15) is 12.8 Å². The minimum absolute atomic E-state index is 0.0155. The summed E-state index contributed by atoms with van der Waals surface area (Å²) in [6.45, 7) is 0. The van der Waals surface area contributed by atoms with Crippen molar-refractivity contribution in [3.05, 3.63) is 54.1 Å². The lowest BCUT2D eigenvalue weighted by atomic mass is 10.2. The summed E-state index contributed by atoms with van der Waals surface area (Å²) in [4.78, 5) is 3.75. The molecular formula is C12H11FN2O2S. The van der Waals surface area contributed by atoms with Gasteiger partial charge in [0.25, 0.3) is 0 Å². The minimum Gasteiger partial charge on any atom is -0.396 e. The first kappa shape index (κ1) is 12.5. The van der Waals surface area contributed by atoms with Gasteiger partial charge in [-0.25, -0.2) is 12.8 Å². The van der Waals surface area contributed by atoms with Crippen LogP contribution in [0.25, 0.3) is 0 Å². The molecule has 1 heterocycles. The zero-order valence-electron chi connectivity index (χ0n) is 9.38. The zero-order chi connectivity index (χ0) is 13.2. The predicted octanol–water partition coefficient (Wildman–Crippen LogP) is 1.78. The Morgan fingerprint density at radius 1 is 1.28 bits per heavy atom. The Bertz CT molecular complexity index is 671. The molecule has 6 heteroatoms. The third-order valence-electron chi connectivity index (χ3n) is 2.39. The average molecular weight is 266 g/mol. The number of halogens is 1. The third-order valence-corrected chi connectivity index (χ3v) is 4.15. The highest BCUT2D eigenvalue weighted by molar-refractivity contribution is 7.90. The highest BCUT2D eigenvalue weighted by Crippen LogP contribution is 2.21. The van der Waals surface area contributed by atoms with Crippen molar-refractivity contribution < 1.29 is 12.8 Å². The second-order valence-electron chi connectivity index (χ2n) is 3.80. The van der Waals surface area contributed by atoms with Crippen LogP contribution in [0.3, 0.4) is 0 Å². The number of anilines is 1. The van der Waals surface area contributed by atoms with E-state index in [0.29, 0.717) is 5.56 Å². The van der Waals surface area contributed by atoms with Crippen LogP contribution >= 0.6 is 0 Å². The number of nitrogens with zero attached hydrogens (tertiary/aromatic N) is 1. The summed E-state index contributed by atoms with van der Waals surface area (Å²) in [5.74, 6) is -0.760. The molecule has 1 aromatic heterocycles. The summed E-state index contributed by atoms with van der Waals surface area (Å²) in [7, 11) is -3.59.